The minimum absolute atomic E-state index is 0.00474. The van der Waals surface area contributed by atoms with Gasteiger partial charge in [-0.15, -0.1) is 0 Å². The highest BCUT2D eigenvalue weighted by atomic mass is 32.2. The fraction of sp³-hybridized carbons (Fsp3) is 0.421. The van der Waals surface area contributed by atoms with Gasteiger partial charge in [0.1, 0.15) is 5.75 Å². The molecular formula is C19H23NO3S. The van der Waals surface area contributed by atoms with Crippen molar-refractivity contribution in [1.29, 1.82) is 0 Å². The van der Waals surface area contributed by atoms with Gasteiger partial charge in [-0.25, -0.2) is 0 Å². The van der Waals surface area contributed by atoms with Crippen molar-refractivity contribution in [2.75, 3.05) is 12.9 Å². The van der Waals surface area contributed by atoms with Crippen LogP contribution >= 0.6 is 0 Å². The molecule has 0 saturated heterocycles. The van der Waals surface area contributed by atoms with Crippen LogP contribution < -0.4 is 10.3 Å². The molecule has 0 aliphatic heterocycles. The minimum Gasteiger partial charge on any atom is -0.494 e. The number of hydrogen-bond acceptors (Lipinski definition) is 3. The molecule has 1 atom stereocenters. The van der Waals surface area contributed by atoms with Crippen LogP contribution in [0.3, 0.4) is 0 Å². The molecule has 0 amide bonds. The normalized spacial score (nSPS) is 15.3. The summed E-state index contributed by atoms with van der Waals surface area (Å²) in [5.41, 5.74) is 2.53. The lowest BCUT2D eigenvalue weighted by molar-refractivity contribution is 0.302. The molecule has 1 saturated carbocycles. The summed E-state index contributed by atoms with van der Waals surface area (Å²) in [6, 6.07) is 7.58. The second kappa shape index (κ2) is 6.93. The maximum Gasteiger partial charge on any atom is 0.253 e. The van der Waals surface area contributed by atoms with Crippen LogP contribution in [0.1, 0.15) is 24.8 Å². The maximum atomic E-state index is 12.0. The van der Waals surface area contributed by atoms with E-state index in [-0.39, 0.29) is 5.56 Å². The van der Waals surface area contributed by atoms with Crippen molar-refractivity contribution in [2.24, 2.45) is 13.0 Å². The molecule has 0 spiro atoms. The summed E-state index contributed by atoms with van der Waals surface area (Å²) in [6.45, 7) is 2.50. The Hall–Kier alpha value is -1.88. The molecule has 0 radical (unpaired) electrons. The third-order valence-corrected chi connectivity index (χ3v) is 5.30. The Labute approximate surface area is 144 Å². The van der Waals surface area contributed by atoms with E-state index in [1.807, 2.05) is 24.3 Å². The number of pyridine rings is 1. The molecular weight excluding hydrogens is 322 g/mol. The highest BCUT2D eigenvalue weighted by Gasteiger charge is 2.20. The van der Waals surface area contributed by atoms with Gasteiger partial charge in [0.25, 0.3) is 5.56 Å². The van der Waals surface area contributed by atoms with Gasteiger partial charge < -0.3 is 9.30 Å². The lowest BCUT2D eigenvalue weighted by atomic mass is 10.1. The Morgan fingerprint density at radius 2 is 1.96 bits per heavy atom. The molecule has 1 aromatic carbocycles. The van der Waals surface area contributed by atoms with Crippen molar-refractivity contribution < 1.29 is 8.95 Å². The van der Waals surface area contributed by atoms with Crippen molar-refractivity contribution in [3.63, 3.8) is 0 Å². The number of aromatic nitrogens is 1. The monoisotopic (exact) mass is 345 g/mol. The first kappa shape index (κ1) is 17.0. The summed E-state index contributed by atoms with van der Waals surface area (Å²) in [4.78, 5) is 12.6. The standard InChI is InChI=1S/C19H23NO3S/c1-13-8-16(12-20(2)19(13)21)15-9-17(11-18(10-15)24(3)22)23-7-6-14-4-5-14/h8-12,14H,4-7H2,1-3H3. The first-order valence-electron chi connectivity index (χ1n) is 8.23. The van der Waals surface area contributed by atoms with Gasteiger partial charge in [-0.05, 0) is 54.7 Å². The second-order valence-electron chi connectivity index (χ2n) is 6.56. The van der Waals surface area contributed by atoms with Crippen molar-refractivity contribution >= 4 is 10.8 Å². The van der Waals surface area contributed by atoms with Crippen LogP contribution in [0.5, 0.6) is 5.75 Å². The first-order chi connectivity index (χ1) is 11.4. The molecule has 1 aliphatic rings. The SMILES string of the molecule is Cc1cc(-c2cc(OCCC3CC3)cc(S(C)=O)c2)cn(C)c1=O. The summed E-state index contributed by atoms with van der Waals surface area (Å²) in [5, 5.41) is 0. The molecule has 1 heterocycles. The van der Waals surface area contributed by atoms with Gasteiger partial charge >= 0.3 is 0 Å². The molecule has 4 nitrogen and oxygen atoms in total. The lowest BCUT2D eigenvalue weighted by Gasteiger charge is -2.12. The average molecular weight is 345 g/mol. The summed E-state index contributed by atoms with van der Waals surface area (Å²) in [6.07, 6.45) is 7.17. The predicted molar refractivity (Wildman–Crippen MR) is 97.0 cm³/mol. The fourth-order valence-electron chi connectivity index (χ4n) is 2.77. The molecule has 1 aliphatic carbocycles. The van der Waals surface area contributed by atoms with Gasteiger partial charge in [0.05, 0.1) is 6.61 Å². The van der Waals surface area contributed by atoms with E-state index < -0.39 is 10.8 Å². The van der Waals surface area contributed by atoms with E-state index in [0.29, 0.717) is 12.2 Å². The summed E-state index contributed by atoms with van der Waals surface area (Å²) >= 11 is 0. The minimum atomic E-state index is -1.09. The third kappa shape index (κ3) is 3.96. The number of hydrogen-bond donors (Lipinski definition) is 0. The molecule has 1 aromatic heterocycles. The van der Waals surface area contributed by atoms with Gasteiger partial charge in [0.2, 0.25) is 0 Å². The van der Waals surface area contributed by atoms with E-state index in [4.69, 9.17) is 4.74 Å². The second-order valence-corrected chi connectivity index (χ2v) is 7.94. The van der Waals surface area contributed by atoms with Crippen LogP contribution in [-0.4, -0.2) is 21.6 Å². The van der Waals surface area contributed by atoms with Gasteiger partial charge in [0, 0.05) is 40.8 Å². The fourth-order valence-corrected chi connectivity index (χ4v) is 3.35. The molecule has 1 unspecified atom stereocenters. The van der Waals surface area contributed by atoms with Crippen LogP contribution in [0.4, 0.5) is 0 Å². The molecule has 128 valence electrons. The van der Waals surface area contributed by atoms with E-state index in [2.05, 4.69) is 0 Å². The molecule has 2 aromatic rings. The van der Waals surface area contributed by atoms with Crippen molar-refractivity contribution in [1.82, 2.24) is 4.57 Å². The molecule has 1 fully saturated rings. The summed E-state index contributed by atoms with van der Waals surface area (Å²) < 4.78 is 19.4. The smallest absolute Gasteiger partial charge is 0.253 e. The van der Waals surface area contributed by atoms with Gasteiger partial charge in [-0.3, -0.25) is 9.00 Å². The molecule has 3 rings (SSSR count). The predicted octanol–water partition coefficient (Wildman–Crippen LogP) is 3.28. The van der Waals surface area contributed by atoms with Crippen LogP contribution in [0.2, 0.25) is 0 Å². The number of benzene rings is 1. The number of aryl methyl sites for hydroxylation is 2. The Balaban J connectivity index is 1.94. The Kier molecular flexibility index (Phi) is 4.90. The van der Waals surface area contributed by atoms with Gasteiger partial charge in [-0.2, -0.15) is 0 Å². The van der Waals surface area contributed by atoms with E-state index in [9.17, 15) is 9.00 Å². The van der Waals surface area contributed by atoms with Crippen LogP contribution in [0, 0.1) is 12.8 Å². The lowest BCUT2D eigenvalue weighted by Crippen LogP contribution is -2.18. The molecule has 0 bridgehead atoms. The molecule has 5 heteroatoms. The highest BCUT2D eigenvalue weighted by molar-refractivity contribution is 7.84. The van der Waals surface area contributed by atoms with Crippen LogP contribution in [-0.2, 0) is 17.8 Å². The zero-order valence-electron chi connectivity index (χ0n) is 14.4. The average Bonchev–Trinajstić information content (AvgIpc) is 3.36. The van der Waals surface area contributed by atoms with E-state index in [1.165, 1.54) is 12.8 Å². The van der Waals surface area contributed by atoms with Crippen LogP contribution in [0.15, 0.2) is 40.2 Å². The summed E-state index contributed by atoms with van der Waals surface area (Å²) in [5.74, 6) is 1.56. The first-order valence-corrected chi connectivity index (χ1v) is 9.79. The zero-order chi connectivity index (χ0) is 17.3. The maximum absolute atomic E-state index is 12.0. The molecule has 24 heavy (non-hydrogen) atoms. The van der Waals surface area contributed by atoms with E-state index in [1.54, 1.807) is 31.0 Å². The van der Waals surface area contributed by atoms with Crippen molar-refractivity contribution in [2.45, 2.75) is 31.1 Å². The quantitative estimate of drug-likeness (QED) is 0.807. The van der Waals surface area contributed by atoms with Gasteiger partial charge in [0.15, 0.2) is 0 Å². The van der Waals surface area contributed by atoms with Crippen LogP contribution in [0.25, 0.3) is 11.1 Å². The zero-order valence-corrected chi connectivity index (χ0v) is 15.2. The van der Waals surface area contributed by atoms with Crippen molar-refractivity contribution in [3.8, 4) is 16.9 Å². The van der Waals surface area contributed by atoms with Gasteiger partial charge in [-0.1, -0.05) is 12.8 Å². The van der Waals surface area contributed by atoms with E-state index in [0.717, 1.165) is 34.1 Å². The summed E-state index contributed by atoms with van der Waals surface area (Å²) in [7, 11) is 0.655. The Morgan fingerprint density at radius 3 is 2.58 bits per heavy atom. The number of rotatable bonds is 6. The Morgan fingerprint density at radius 1 is 1.21 bits per heavy atom. The third-order valence-electron chi connectivity index (χ3n) is 4.40. The number of nitrogens with zero attached hydrogens (tertiary/aromatic N) is 1. The van der Waals surface area contributed by atoms with Crippen molar-refractivity contribution in [3.05, 3.63) is 46.4 Å². The topological polar surface area (TPSA) is 48.3 Å². The molecule has 0 N–H and O–H groups in total. The largest absolute Gasteiger partial charge is 0.494 e. The van der Waals surface area contributed by atoms with E-state index >= 15 is 0 Å². The Bertz CT molecular complexity index is 811. The number of ether oxygens (including phenoxy) is 1. The highest BCUT2D eigenvalue weighted by Crippen LogP contribution is 2.33.